The van der Waals surface area contributed by atoms with Gasteiger partial charge in [-0.15, -0.1) is 0 Å². The molecule has 0 aliphatic heterocycles. The molecule has 0 radical (unpaired) electrons. The molecule has 0 unspecified atom stereocenters. The number of aliphatic hydroxyl groups excluding tert-OH is 1. The quantitative estimate of drug-likeness (QED) is 0.844. The van der Waals surface area contributed by atoms with Gasteiger partial charge < -0.3 is 10.4 Å². The van der Waals surface area contributed by atoms with Crippen LogP contribution < -0.4 is 5.32 Å². The molecule has 0 spiro atoms. The lowest BCUT2D eigenvalue weighted by atomic mass is 10.1. The van der Waals surface area contributed by atoms with Crippen molar-refractivity contribution in [2.45, 2.75) is 27.0 Å². The van der Waals surface area contributed by atoms with E-state index in [9.17, 15) is 0 Å². The molecule has 1 aromatic carbocycles. The van der Waals surface area contributed by atoms with Gasteiger partial charge in [-0.3, -0.25) is 0 Å². The van der Waals surface area contributed by atoms with Crippen LogP contribution >= 0.6 is 11.6 Å². The van der Waals surface area contributed by atoms with Gasteiger partial charge in [-0.2, -0.15) is 0 Å². The van der Waals surface area contributed by atoms with Crippen LogP contribution in [0.4, 0.5) is 5.82 Å². The highest BCUT2D eigenvalue weighted by Gasteiger charge is 2.06. The predicted molar refractivity (Wildman–Crippen MR) is 76.2 cm³/mol. The zero-order valence-corrected chi connectivity index (χ0v) is 11.7. The minimum absolute atomic E-state index is 0.0630. The first kappa shape index (κ1) is 13.8. The van der Waals surface area contributed by atoms with E-state index in [0.29, 0.717) is 17.5 Å². The van der Waals surface area contributed by atoms with Crippen LogP contribution in [0, 0.1) is 13.8 Å². The molecule has 0 aliphatic carbocycles. The van der Waals surface area contributed by atoms with Crippen LogP contribution in [0.5, 0.6) is 0 Å². The third-order valence-corrected chi connectivity index (χ3v) is 3.23. The number of aliphatic hydroxyl groups is 1. The number of rotatable bonds is 4. The Bertz CT molecular complexity index is 570. The molecule has 19 heavy (non-hydrogen) atoms. The van der Waals surface area contributed by atoms with Crippen molar-refractivity contribution in [3.8, 4) is 0 Å². The number of halogens is 1. The van der Waals surface area contributed by atoms with E-state index in [-0.39, 0.29) is 6.61 Å². The van der Waals surface area contributed by atoms with Crippen molar-refractivity contribution in [1.82, 2.24) is 9.97 Å². The Hall–Kier alpha value is -1.65. The number of nitrogens with one attached hydrogen (secondary N) is 1. The summed E-state index contributed by atoms with van der Waals surface area (Å²) in [7, 11) is 0. The molecular weight excluding hydrogens is 262 g/mol. The number of nitrogens with zero attached hydrogens (tertiary/aromatic N) is 2. The monoisotopic (exact) mass is 277 g/mol. The van der Waals surface area contributed by atoms with Crippen LogP contribution in [-0.2, 0) is 13.2 Å². The van der Waals surface area contributed by atoms with Crippen molar-refractivity contribution >= 4 is 17.4 Å². The van der Waals surface area contributed by atoms with Crippen LogP contribution in [0.2, 0.25) is 5.15 Å². The molecule has 2 N–H and O–H groups in total. The zero-order valence-electron chi connectivity index (χ0n) is 10.9. The second-order valence-electron chi connectivity index (χ2n) is 4.36. The van der Waals surface area contributed by atoms with E-state index < -0.39 is 0 Å². The fourth-order valence-electron chi connectivity index (χ4n) is 1.71. The maximum absolute atomic E-state index is 8.99. The van der Waals surface area contributed by atoms with Crippen molar-refractivity contribution in [1.29, 1.82) is 0 Å². The van der Waals surface area contributed by atoms with Crippen molar-refractivity contribution in [3.05, 3.63) is 51.9 Å². The predicted octanol–water partition coefficient (Wildman–Crippen LogP) is 2.85. The Kier molecular flexibility index (Phi) is 4.35. The highest BCUT2D eigenvalue weighted by Crippen LogP contribution is 2.20. The maximum Gasteiger partial charge on any atom is 0.137 e. The molecule has 0 amide bonds. The van der Waals surface area contributed by atoms with Crippen molar-refractivity contribution < 1.29 is 5.11 Å². The van der Waals surface area contributed by atoms with E-state index in [1.165, 1.54) is 0 Å². The normalized spacial score (nSPS) is 10.5. The van der Waals surface area contributed by atoms with Crippen molar-refractivity contribution in [2.24, 2.45) is 0 Å². The number of aryl methyl sites for hydroxylation is 1. The standard InChI is InChI=1S/C14H16ClN3O/c1-9-13(15)17-10(2)18-14(9)16-7-11-3-5-12(8-19)6-4-11/h3-6,19H,7-8H2,1-2H3,(H,16,17,18). The van der Waals surface area contributed by atoms with Gasteiger partial charge in [0.2, 0.25) is 0 Å². The topological polar surface area (TPSA) is 58.0 Å². The fraction of sp³-hybridized carbons (Fsp3) is 0.286. The Balaban J connectivity index is 2.09. The van der Waals surface area contributed by atoms with Crippen LogP contribution in [0.3, 0.4) is 0 Å². The second kappa shape index (κ2) is 5.99. The largest absolute Gasteiger partial charge is 0.392 e. The summed E-state index contributed by atoms with van der Waals surface area (Å²) in [4.78, 5) is 8.43. The van der Waals surface area contributed by atoms with Crippen LogP contribution in [0.15, 0.2) is 24.3 Å². The van der Waals surface area contributed by atoms with E-state index in [4.69, 9.17) is 16.7 Å². The number of benzene rings is 1. The summed E-state index contributed by atoms with van der Waals surface area (Å²) in [6.07, 6.45) is 0. The highest BCUT2D eigenvalue weighted by atomic mass is 35.5. The summed E-state index contributed by atoms with van der Waals surface area (Å²) in [5.74, 6) is 1.40. The lowest BCUT2D eigenvalue weighted by molar-refractivity contribution is 0.282. The Morgan fingerprint density at radius 2 is 1.74 bits per heavy atom. The smallest absolute Gasteiger partial charge is 0.137 e. The molecule has 1 heterocycles. The molecule has 5 heteroatoms. The number of hydrogen-bond acceptors (Lipinski definition) is 4. The van der Waals surface area contributed by atoms with Crippen LogP contribution in [-0.4, -0.2) is 15.1 Å². The molecule has 0 atom stereocenters. The number of aromatic nitrogens is 2. The van der Waals surface area contributed by atoms with E-state index in [0.717, 1.165) is 22.5 Å². The van der Waals surface area contributed by atoms with Gasteiger partial charge in [0.25, 0.3) is 0 Å². The Morgan fingerprint density at radius 1 is 1.11 bits per heavy atom. The van der Waals surface area contributed by atoms with Gasteiger partial charge in [-0.25, -0.2) is 9.97 Å². The summed E-state index contributed by atoms with van der Waals surface area (Å²) in [6.45, 7) is 4.42. The first-order valence-corrected chi connectivity index (χ1v) is 6.41. The molecule has 0 fully saturated rings. The Morgan fingerprint density at radius 3 is 2.37 bits per heavy atom. The maximum atomic E-state index is 8.99. The van der Waals surface area contributed by atoms with Crippen LogP contribution in [0.1, 0.15) is 22.5 Å². The lowest BCUT2D eigenvalue weighted by Crippen LogP contribution is -2.06. The van der Waals surface area contributed by atoms with Gasteiger partial charge >= 0.3 is 0 Å². The highest BCUT2D eigenvalue weighted by molar-refractivity contribution is 6.30. The van der Waals surface area contributed by atoms with Gasteiger partial charge in [0.1, 0.15) is 16.8 Å². The molecule has 1 aromatic heterocycles. The molecule has 0 saturated heterocycles. The molecule has 2 rings (SSSR count). The van der Waals surface area contributed by atoms with Gasteiger partial charge in [0, 0.05) is 12.1 Å². The third kappa shape index (κ3) is 3.43. The summed E-state index contributed by atoms with van der Waals surface area (Å²) < 4.78 is 0. The summed E-state index contributed by atoms with van der Waals surface area (Å²) in [6, 6.07) is 7.76. The molecule has 0 saturated carbocycles. The molecular formula is C14H16ClN3O. The van der Waals surface area contributed by atoms with Crippen LogP contribution in [0.25, 0.3) is 0 Å². The molecule has 4 nitrogen and oxygen atoms in total. The van der Waals surface area contributed by atoms with E-state index >= 15 is 0 Å². The van der Waals surface area contributed by atoms with Gasteiger partial charge in [-0.05, 0) is 25.0 Å². The van der Waals surface area contributed by atoms with E-state index in [1.807, 2.05) is 38.1 Å². The van der Waals surface area contributed by atoms with Crippen molar-refractivity contribution in [2.75, 3.05) is 5.32 Å². The lowest BCUT2D eigenvalue weighted by Gasteiger charge is -2.10. The third-order valence-electron chi connectivity index (χ3n) is 2.86. The zero-order chi connectivity index (χ0) is 13.8. The molecule has 0 bridgehead atoms. The van der Waals surface area contributed by atoms with Gasteiger partial charge in [0.15, 0.2) is 0 Å². The SMILES string of the molecule is Cc1nc(Cl)c(C)c(NCc2ccc(CO)cc2)n1. The van der Waals surface area contributed by atoms with Gasteiger partial charge in [0.05, 0.1) is 6.61 Å². The second-order valence-corrected chi connectivity index (χ2v) is 4.72. The number of hydrogen-bond donors (Lipinski definition) is 2. The first-order valence-electron chi connectivity index (χ1n) is 6.03. The molecule has 0 aliphatic rings. The Labute approximate surface area is 117 Å². The van der Waals surface area contributed by atoms with E-state index in [1.54, 1.807) is 0 Å². The summed E-state index contributed by atoms with van der Waals surface area (Å²) in [5, 5.41) is 12.7. The molecule has 2 aromatic rings. The van der Waals surface area contributed by atoms with Gasteiger partial charge in [-0.1, -0.05) is 35.9 Å². The van der Waals surface area contributed by atoms with E-state index in [2.05, 4.69) is 15.3 Å². The van der Waals surface area contributed by atoms with Crippen molar-refractivity contribution in [3.63, 3.8) is 0 Å². The summed E-state index contributed by atoms with van der Waals surface area (Å²) >= 11 is 6.02. The minimum atomic E-state index is 0.0630. The first-order chi connectivity index (χ1) is 9.10. The average molecular weight is 278 g/mol. The molecule has 100 valence electrons. The fourth-order valence-corrected chi connectivity index (χ4v) is 1.93. The average Bonchev–Trinajstić information content (AvgIpc) is 2.41. The minimum Gasteiger partial charge on any atom is -0.392 e. The summed E-state index contributed by atoms with van der Waals surface area (Å²) in [5.41, 5.74) is 2.86. The number of anilines is 1.